The number of urea groups is 1. The van der Waals surface area contributed by atoms with E-state index in [4.69, 9.17) is 10.5 Å². The standard InChI is InChI=1S/C19H12I2N4O3/c20-15-6-13(5-14(9-23)18(26)25-19(24)27)17(16(21)7-15)28-10-12-4-2-1-3-11(12)8-22/h1-7H,10H2,(H3,24,25,26,27)/b14-5-. The van der Waals surface area contributed by atoms with Gasteiger partial charge in [-0.2, -0.15) is 10.5 Å². The van der Waals surface area contributed by atoms with Crippen LogP contribution in [0.25, 0.3) is 6.08 Å². The number of nitrogens with two attached hydrogens (primary N) is 1. The predicted octanol–water partition coefficient (Wildman–Crippen LogP) is 3.45. The fourth-order valence-electron chi connectivity index (χ4n) is 2.23. The third kappa shape index (κ3) is 5.68. The molecule has 0 bridgehead atoms. The first-order valence-corrected chi connectivity index (χ1v) is 9.84. The minimum Gasteiger partial charge on any atom is -0.487 e. The van der Waals surface area contributed by atoms with E-state index in [0.717, 1.165) is 7.14 Å². The van der Waals surface area contributed by atoms with Crippen LogP contribution in [0.4, 0.5) is 4.79 Å². The molecule has 7 nitrogen and oxygen atoms in total. The van der Waals surface area contributed by atoms with Crippen LogP contribution in [0, 0.1) is 29.8 Å². The van der Waals surface area contributed by atoms with E-state index < -0.39 is 11.9 Å². The number of benzene rings is 2. The molecule has 0 aliphatic heterocycles. The molecule has 3 amide bonds. The lowest BCUT2D eigenvalue weighted by Crippen LogP contribution is -2.35. The van der Waals surface area contributed by atoms with E-state index in [1.165, 1.54) is 6.08 Å². The van der Waals surface area contributed by atoms with Crippen molar-refractivity contribution in [1.82, 2.24) is 5.32 Å². The number of hydrogen-bond acceptors (Lipinski definition) is 5. The monoisotopic (exact) mass is 598 g/mol. The topological polar surface area (TPSA) is 129 Å². The smallest absolute Gasteiger partial charge is 0.319 e. The molecule has 0 aromatic heterocycles. The first kappa shape index (κ1) is 21.7. The lowest BCUT2D eigenvalue weighted by Gasteiger charge is -2.13. The second-order valence-electron chi connectivity index (χ2n) is 5.35. The van der Waals surface area contributed by atoms with Crippen LogP contribution in [-0.2, 0) is 11.4 Å². The van der Waals surface area contributed by atoms with Crippen LogP contribution in [0.15, 0.2) is 42.0 Å². The zero-order chi connectivity index (χ0) is 20.7. The number of primary amides is 1. The van der Waals surface area contributed by atoms with Gasteiger partial charge in [0.05, 0.1) is 15.2 Å². The minimum absolute atomic E-state index is 0.135. The summed E-state index contributed by atoms with van der Waals surface area (Å²) in [6.45, 7) is 0.135. The molecule has 0 aliphatic rings. The Bertz CT molecular complexity index is 1050. The highest BCUT2D eigenvalue weighted by Gasteiger charge is 2.15. The summed E-state index contributed by atoms with van der Waals surface area (Å²) < 4.78 is 7.55. The van der Waals surface area contributed by atoms with Gasteiger partial charge in [-0.3, -0.25) is 10.1 Å². The molecule has 2 rings (SSSR count). The van der Waals surface area contributed by atoms with Gasteiger partial charge >= 0.3 is 6.03 Å². The van der Waals surface area contributed by atoms with Crippen molar-refractivity contribution in [3.63, 3.8) is 0 Å². The van der Waals surface area contributed by atoms with Gasteiger partial charge in [-0.1, -0.05) is 18.2 Å². The molecule has 0 fully saturated rings. The molecule has 0 unspecified atom stereocenters. The number of nitrogens with one attached hydrogen (secondary N) is 1. The van der Waals surface area contributed by atoms with Crippen molar-refractivity contribution < 1.29 is 14.3 Å². The summed E-state index contributed by atoms with van der Waals surface area (Å²) in [5.41, 5.74) is 6.34. The van der Waals surface area contributed by atoms with Gasteiger partial charge in [-0.15, -0.1) is 0 Å². The maximum absolute atomic E-state index is 11.9. The van der Waals surface area contributed by atoms with E-state index in [9.17, 15) is 20.1 Å². The van der Waals surface area contributed by atoms with Crippen molar-refractivity contribution in [2.45, 2.75) is 6.61 Å². The SMILES string of the molecule is N#C/C(=C/c1cc(I)cc(I)c1OCc1ccccc1C#N)C(=O)NC(N)=O. The molecule has 2 aromatic rings. The first-order chi connectivity index (χ1) is 13.3. The predicted molar refractivity (Wildman–Crippen MR) is 119 cm³/mol. The Morgan fingerprint density at radius 3 is 2.57 bits per heavy atom. The molecule has 9 heteroatoms. The Morgan fingerprint density at radius 2 is 1.93 bits per heavy atom. The maximum atomic E-state index is 11.9. The Balaban J connectivity index is 2.42. The summed E-state index contributed by atoms with van der Waals surface area (Å²) in [6.07, 6.45) is 1.33. The van der Waals surface area contributed by atoms with Gasteiger partial charge in [0, 0.05) is 14.7 Å². The van der Waals surface area contributed by atoms with Gasteiger partial charge < -0.3 is 10.5 Å². The van der Waals surface area contributed by atoms with Crippen molar-refractivity contribution in [3.8, 4) is 17.9 Å². The molecule has 3 N–H and O–H groups in total. The molecule has 0 radical (unpaired) electrons. The Hall–Kier alpha value is -2.64. The van der Waals surface area contributed by atoms with Gasteiger partial charge in [0.1, 0.15) is 24.0 Å². The summed E-state index contributed by atoms with van der Waals surface area (Å²) in [4.78, 5) is 22.8. The van der Waals surface area contributed by atoms with E-state index >= 15 is 0 Å². The Labute approximate surface area is 188 Å². The lowest BCUT2D eigenvalue weighted by molar-refractivity contribution is -0.115. The molecule has 2 aromatic carbocycles. The van der Waals surface area contributed by atoms with Crippen LogP contribution >= 0.6 is 45.2 Å². The average molecular weight is 598 g/mol. The van der Waals surface area contributed by atoms with Crippen molar-refractivity contribution in [2.75, 3.05) is 0 Å². The number of imide groups is 1. The van der Waals surface area contributed by atoms with Gasteiger partial charge in [-0.05, 0) is 69.5 Å². The largest absolute Gasteiger partial charge is 0.487 e. The quantitative estimate of drug-likeness (QED) is 0.310. The fraction of sp³-hybridized carbons (Fsp3) is 0.0526. The number of nitrogens with zero attached hydrogens (tertiary/aromatic N) is 2. The lowest BCUT2D eigenvalue weighted by atomic mass is 10.1. The van der Waals surface area contributed by atoms with Crippen molar-refractivity contribution >= 4 is 63.2 Å². The molecular formula is C19H12I2N4O3. The zero-order valence-electron chi connectivity index (χ0n) is 14.2. The van der Waals surface area contributed by atoms with Crippen molar-refractivity contribution in [1.29, 1.82) is 10.5 Å². The van der Waals surface area contributed by atoms with E-state index in [-0.39, 0.29) is 12.2 Å². The number of amides is 3. The molecule has 0 saturated carbocycles. The van der Waals surface area contributed by atoms with Crippen molar-refractivity contribution in [3.05, 3.63) is 65.8 Å². The summed E-state index contributed by atoms with van der Waals surface area (Å²) in [7, 11) is 0. The average Bonchev–Trinajstić information content (AvgIpc) is 2.64. The second-order valence-corrected chi connectivity index (χ2v) is 7.76. The molecule has 140 valence electrons. The molecular weight excluding hydrogens is 586 g/mol. The number of hydrogen-bond donors (Lipinski definition) is 2. The number of halogens is 2. The van der Waals surface area contributed by atoms with Crippen LogP contribution < -0.4 is 15.8 Å². The number of carbonyl (C=O) groups is 2. The molecule has 0 saturated heterocycles. The maximum Gasteiger partial charge on any atom is 0.319 e. The molecule has 0 spiro atoms. The van der Waals surface area contributed by atoms with Crippen LogP contribution in [0.3, 0.4) is 0 Å². The third-order valence-corrected chi connectivity index (χ3v) is 4.87. The van der Waals surface area contributed by atoms with E-state index in [2.05, 4.69) is 51.3 Å². The number of carbonyl (C=O) groups excluding carboxylic acids is 2. The van der Waals surface area contributed by atoms with Gasteiger partial charge in [0.25, 0.3) is 5.91 Å². The molecule has 0 heterocycles. The van der Waals surface area contributed by atoms with Crippen LogP contribution in [-0.4, -0.2) is 11.9 Å². The molecule has 0 atom stereocenters. The minimum atomic E-state index is -1.05. The Kier molecular flexibility index (Phi) is 7.78. The number of rotatable bonds is 5. The van der Waals surface area contributed by atoms with E-state index in [0.29, 0.717) is 22.4 Å². The van der Waals surface area contributed by atoms with Crippen LogP contribution in [0.1, 0.15) is 16.7 Å². The zero-order valence-corrected chi connectivity index (χ0v) is 18.5. The number of nitriles is 2. The fourth-order valence-corrected chi connectivity index (χ4v) is 4.27. The highest BCUT2D eigenvalue weighted by molar-refractivity contribution is 14.1. The summed E-state index contributed by atoms with van der Waals surface area (Å²) in [5, 5.41) is 20.3. The summed E-state index contributed by atoms with van der Waals surface area (Å²) >= 11 is 4.19. The summed E-state index contributed by atoms with van der Waals surface area (Å²) in [5.74, 6) is -0.446. The number of ether oxygens (including phenoxy) is 1. The van der Waals surface area contributed by atoms with Crippen molar-refractivity contribution in [2.24, 2.45) is 5.73 Å². The van der Waals surface area contributed by atoms with E-state index in [1.807, 2.05) is 11.4 Å². The molecule has 0 aliphatic carbocycles. The van der Waals surface area contributed by atoms with Crippen LogP contribution in [0.2, 0.25) is 0 Å². The van der Waals surface area contributed by atoms with E-state index in [1.54, 1.807) is 36.4 Å². The molecule has 28 heavy (non-hydrogen) atoms. The Morgan fingerprint density at radius 1 is 1.21 bits per heavy atom. The van der Waals surface area contributed by atoms with Crippen LogP contribution in [0.5, 0.6) is 5.75 Å². The van der Waals surface area contributed by atoms with Gasteiger partial charge in [-0.25, -0.2) is 4.79 Å². The first-order valence-electron chi connectivity index (χ1n) is 7.68. The highest BCUT2D eigenvalue weighted by Crippen LogP contribution is 2.31. The highest BCUT2D eigenvalue weighted by atomic mass is 127. The van der Waals surface area contributed by atoms with Gasteiger partial charge in [0.2, 0.25) is 0 Å². The third-order valence-electron chi connectivity index (χ3n) is 3.45. The normalized spacial score (nSPS) is 10.5. The summed E-state index contributed by atoms with van der Waals surface area (Å²) in [6, 6.07) is 13.5. The second kappa shape index (κ2) is 10.1. The van der Waals surface area contributed by atoms with Gasteiger partial charge in [0.15, 0.2) is 0 Å².